The molecule has 32 heavy (non-hydrogen) atoms. The summed E-state index contributed by atoms with van der Waals surface area (Å²) >= 11 is 0. The highest BCUT2D eigenvalue weighted by Crippen LogP contribution is 2.39. The minimum atomic E-state index is -0.337. The van der Waals surface area contributed by atoms with Crippen molar-refractivity contribution in [1.82, 2.24) is 20.2 Å². The van der Waals surface area contributed by atoms with E-state index in [2.05, 4.69) is 37.5 Å². The number of hydrogen-bond acceptors (Lipinski definition) is 9. The van der Waals surface area contributed by atoms with Gasteiger partial charge in [-0.15, -0.1) is 5.11 Å². The van der Waals surface area contributed by atoms with E-state index in [-0.39, 0.29) is 17.4 Å². The number of ether oxygens (including phenoxy) is 1. The fraction of sp³-hybridized carbons (Fsp3) is 0.571. The number of likely N-dealkylation sites (N-methyl/N-ethyl adjacent to an activating group) is 1. The number of aldehydes is 1. The van der Waals surface area contributed by atoms with Crippen LogP contribution >= 0.6 is 0 Å². The van der Waals surface area contributed by atoms with E-state index in [9.17, 15) is 9.59 Å². The van der Waals surface area contributed by atoms with Crippen LogP contribution in [0, 0.1) is 5.41 Å². The number of esters is 1. The van der Waals surface area contributed by atoms with Gasteiger partial charge in [0.1, 0.15) is 19.2 Å². The van der Waals surface area contributed by atoms with Gasteiger partial charge >= 0.3 is 5.97 Å². The number of cyclic esters (lactones) is 1. The van der Waals surface area contributed by atoms with E-state index >= 15 is 0 Å². The second-order valence-corrected chi connectivity index (χ2v) is 8.38. The van der Waals surface area contributed by atoms with Crippen molar-refractivity contribution < 1.29 is 14.3 Å². The fourth-order valence-electron chi connectivity index (χ4n) is 4.21. The average molecular weight is 443 g/mol. The van der Waals surface area contributed by atoms with Crippen molar-refractivity contribution in [3.63, 3.8) is 0 Å². The topological polar surface area (TPSA) is 148 Å². The van der Waals surface area contributed by atoms with E-state index < -0.39 is 0 Å². The van der Waals surface area contributed by atoms with Crippen molar-refractivity contribution in [3.05, 3.63) is 29.9 Å². The van der Waals surface area contributed by atoms with Gasteiger partial charge in [0.05, 0.1) is 23.8 Å². The Bertz CT molecular complexity index is 876. The molecule has 1 aromatic heterocycles. The Labute approximate surface area is 187 Å². The van der Waals surface area contributed by atoms with Crippen LogP contribution in [-0.4, -0.2) is 59.2 Å². The summed E-state index contributed by atoms with van der Waals surface area (Å²) in [5.41, 5.74) is 1.34. The van der Waals surface area contributed by atoms with Crippen LogP contribution in [0.2, 0.25) is 0 Å². The molecule has 0 saturated heterocycles. The average Bonchev–Trinajstić information content (AvgIpc) is 3.25. The molecular formula is C21H30N8O3. The summed E-state index contributed by atoms with van der Waals surface area (Å²) in [6.45, 7) is 2.99. The number of nitrogens with two attached hydrogens (primary N) is 1. The second kappa shape index (κ2) is 10.9. The van der Waals surface area contributed by atoms with Gasteiger partial charge in [-0.3, -0.25) is 4.98 Å². The van der Waals surface area contributed by atoms with Crippen LogP contribution in [0.25, 0.3) is 0 Å². The lowest BCUT2D eigenvalue weighted by Gasteiger charge is -2.40. The number of aromatic nitrogens is 2. The Morgan fingerprint density at radius 2 is 2.16 bits per heavy atom. The van der Waals surface area contributed by atoms with E-state index in [4.69, 9.17) is 10.6 Å². The van der Waals surface area contributed by atoms with Gasteiger partial charge in [0, 0.05) is 37.2 Å². The van der Waals surface area contributed by atoms with Gasteiger partial charge in [0.2, 0.25) is 0 Å². The maximum absolute atomic E-state index is 12.0. The molecule has 0 aromatic carbocycles. The van der Waals surface area contributed by atoms with E-state index in [1.54, 1.807) is 12.4 Å². The predicted octanol–water partition coefficient (Wildman–Crippen LogP) is 1.83. The van der Waals surface area contributed by atoms with Crippen molar-refractivity contribution >= 4 is 24.4 Å². The maximum Gasteiger partial charge on any atom is 0.333 e. The molecule has 11 nitrogen and oxygen atoms in total. The highest BCUT2D eigenvalue weighted by molar-refractivity contribution is 5.85. The van der Waals surface area contributed by atoms with E-state index in [0.717, 1.165) is 49.8 Å². The van der Waals surface area contributed by atoms with Crippen LogP contribution < -0.4 is 11.2 Å². The normalized spacial score (nSPS) is 24.5. The molecule has 11 heteroatoms. The smallest absolute Gasteiger partial charge is 0.333 e. The summed E-state index contributed by atoms with van der Waals surface area (Å²) in [7, 11) is 1.95. The van der Waals surface area contributed by atoms with Crippen LogP contribution in [0.4, 0.5) is 5.82 Å². The summed E-state index contributed by atoms with van der Waals surface area (Å²) < 4.78 is 5.00. The van der Waals surface area contributed by atoms with Crippen molar-refractivity contribution in [2.75, 3.05) is 13.7 Å². The number of aliphatic imine (C=N–C) groups is 1. The molecule has 1 aliphatic carbocycles. The predicted molar refractivity (Wildman–Crippen MR) is 118 cm³/mol. The number of carbonyl (C=O) groups excluding carboxylic acids is 2. The molecule has 1 saturated carbocycles. The van der Waals surface area contributed by atoms with Gasteiger partial charge in [0.25, 0.3) is 0 Å². The van der Waals surface area contributed by atoms with Crippen LogP contribution in [-0.2, 0) is 20.9 Å². The van der Waals surface area contributed by atoms with Crippen LogP contribution in [0.3, 0.4) is 0 Å². The monoisotopic (exact) mass is 442 g/mol. The third kappa shape index (κ3) is 6.16. The van der Waals surface area contributed by atoms with Crippen LogP contribution in [0.5, 0.6) is 0 Å². The molecule has 1 fully saturated rings. The molecule has 3 rings (SSSR count). The molecule has 0 bridgehead atoms. The maximum atomic E-state index is 12.0. The molecular weight excluding hydrogens is 412 g/mol. The highest BCUT2D eigenvalue weighted by atomic mass is 16.5. The number of carbonyl (C=O) groups is 2. The molecule has 2 aliphatic rings. The molecule has 1 aromatic rings. The van der Waals surface area contributed by atoms with Crippen molar-refractivity contribution in [2.24, 2.45) is 26.6 Å². The second-order valence-electron chi connectivity index (χ2n) is 8.38. The summed E-state index contributed by atoms with van der Waals surface area (Å²) in [5.74, 6) is 5.03. The van der Waals surface area contributed by atoms with E-state index in [0.29, 0.717) is 25.0 Å². The first-order chi connectivity index (χ1) is 15.4. The Morgan fingerprint density at radius 3 is 2.75 bits per heavy atom. The number of nitrogens with zero attached hydrogens (tertiary/aromatic N) is 6. The molecule has 0 radical (unpaired) electrons. The van der Waals surface area contributed by atoms with Gasteiger partial charge in [0.15, 0.2) is 5.82 Å². The zero-order chi connectivity index (χ0) is 23.0. The first-order valence-corrected chi connectivity index (χ1v) is 10.7. The number of hydrogen-bond donors (Lipinski definition) is 2. The molecule has 2 heterocycles. The molecule has 1 atom stereocenters. The highest BCUT2D eigenvalue weighted by Gasteiger charge is 2.37. The van der Waals surface area contributed by atoms with Crippen molar-refractivity contribution in [1.29, 1.82) is 0 Å². The zero-order valence-electron chi connectivity index (χ0n) is 18.5. The van der Waals surface area contributed by atoms with Gasteiger partial charge in [-0.05, 0) is 39.0 Å². The summed E-state index contributed by atoms with van der Waals surface area (Å²) in [6.07, 6.45) is 11.3. The molecule has 1 aliphatic heterocycles. The molecule has 0 spiro atoms. The summed E-state index contributed by atoms with van der Waals surface area (Å²) in [6, 6.07) is 0.456. The Hall–Kier alpha value is -3.21. The Morgan fingerprint density at radius 1 is 1.38 bits per heavy atom. The third-order valence-electron chi connectivity index (χ3n) is 6.27. The van der Waals surface area contributed by atoms with Crippen molar-refractivity contribution in [2.45, 2.75) is 57.7 Å². The van der Waals surface area contributed by atoms with Crippen LogP contribution in [0.15, 0.2) is 39.5 Å². The standard InChI is InChI=1S/C21H30N8O3/c1-15(29(2)18-7-20(31)32-12-18)8-21(13-30)5-3-16(4-6-21)23-9-17-10-25-19(11-24-17)26-14-27-28-22/h7,10-11,13-16,23H,3-6,8-9,12H2,1-2H3,(H2,22,25,26,27)/t15-,16?,21?/m1/s1. The quantitative estimate of drug-likeness (QED) is 0.106. The van der Waals surface area contributed by atoms with E-state index in [1.165, 1.54) is 12.4 Å². The molecule has 172 valence electrons. The number of nitrogens with one attached hydrogen (secondary N) is 1. The molecule has 0 unspecified atom stereocenters. The fourth-order valence-corrected chi connectivity index (χ4v) is 4.21. The summed E-state index contributed by atoms with van der Waals surface area (Å²) in [4.78, 5) is 37.9. The SMILES string of the molecule is C[C@H](CC1(C=O)CCC(NCc2cnc(N=CN=NN)cn2)CC1)N(C)C1=CC(=O)OC1. The van der Waals surface area contributed by atoms with Gasteiger partial charge in [-0.2, -0.15) is 0 Å². The molecule has 0 amide bonds. The lowest BCUT2D eigenvalue weighted by Crippen LogP contribution is -2.42. The van der Waals surface area contributed by atoms with E-state index in [1.807, 2.05) is 11.9 Å². The minimum Gasteiger partial charge on any atom is -0.456 e. The zero-order valence-corrected chi connectivity index (χ0v) is 18.5. The van der Waals surface area contributed by atoms with Gasteiger partial charge in [-0.1, -0.05) is 5.22 Å². The Balaban J connectivity index is 1.47. The lowest BCUT2D eigenvalue weighted by molar-refractivity contribution is -0.135. The Kier molecular flexibility index (Phi) is 7.98. The minimum absolute atomic E-state index is 0.133. The third-order valence-corrected chi connectivity index (χ3v) is 6.27. The first kappa shape index (κ1) is 23.5. The first-order valence-electron chi connectivity index (χ1n) is 10.7. The summed E-state index contributed by atoms with van der Waals surface area (Å²) in [5, 5.41) is 10.0. The van der Waals surface area contributed by atoms with Gasteiger partial charge in [-0.25, -0.2) is 14.8 Å². The number of rotatable bonds is 10. The van der Waals surface area contributed by atoms with Crippen LogP contribution in [0.1, 0.15) is 44.7 Å². The van der Waals surface area contributed by atoms with Crippen molar-refractivity contribution in [3.8, 4) is 0 Å². The molecule has 3 N–H and O–H groups in total. The lowest BCUT2D eigenvalue weighted by atomic mass is 9.70. The largest absolute Gasteiger partial charge is 0.456 e. The van der Waals surface area contributed by atoms with Gasteiger partial charge < -0.3 is 25.6 Å².